The van der Waals surface area contributed by atoms with Crippen LogP contribution in [0, 0.1) is 17.2 Å². The highest BCUT2D eigenvalue weighted by atomic mass is 16.5. The van der Waals surface area contributed by atoms with Crippen molar-refractivity contribution in [2.75, 3.05) is 13.7 Å². The monoisotopic (exact) mass is 499 g/mol. The molecule has 1 aliphatic heterocycles. The Morgan fingerprint density at radius 3 is 2.81 bits per heavy atom. The number of ether oxygens (including phenoxy) is 1. The molecule has 2 N–H and O–H groups in total. The zero-order valence-corrected chi connectivity index (χ0v) is 20.6. The molecule has 9 nitrogen and oxygen atoms in total. The van der Waals surface area contributed by atoms with Crippen LogP contribution in [0.5, 0.6) is 5.75 Å². The van der Waals surface area contributed by atoms with Gasteiger partial charge in [0.05, 0.1) is 13.2 Å². The molecule has 1 aromatic carbocycles. The van der Waals surface area contributed by atoms with Gasteiger partial charge in [-0.15, -0.1) is 0 Å². The average molecular weight is 500 g/mol. The molecule has 0 unspecified atom stereocenters. The Hall–Kier alpha value is -4.19. The molecule has 2 fully saturated rings. The number of nitrogens with one attached hydrogen (secondary N) is 2. The van der Waals surface area contributed by atoms with Crippen molar-refractivity contribution in [1.82, 2.24) is 20.2 Å². The largest absolute Gasteiger partial charge is 0.496 e. The average Bonchev–Trinajstić information content (AvgIpc) is 3.66. The number of fused-ring (bicyclic) bond motifs is 1. The number of pyridine rings is 1. The van der Waals surface area contributed by atoms with Gasteiger partial charge in [-0.25, -0.2) is 0 Å². The lowest BCUT2D eigenvalue weighted by Crippen LogP contribution is -2.49. The Balaban J connectivity index is 1.40. The van der Waals surface area contributed by atoms with Crippen molar-refractivity contribution >= 4 is 28.5 Å². The second kappa shape index (κ2) is 10.4. The minimum atomic E-state index is -0.784. The second-order valence-electron chi connectivity index (χ2n) is 9.77. The minimum Gasteiger partial charge on any atom is -0.496 e. The van der Waals surface area contributed by atoms with Crippen LogP contribution in [0.1, 0.15) is 54.1 Å². The Bertz CT molecular complexity index is 1360. The highest BCUT2D eigenvalue weighted by molar-refractivity contribution is 6.02. The topological polar surface area (TPSA) is 128 Å². The number of methoxy groups -OCH3 is 1. The van der Waals surface area contributed by atoms with Gasteiger partial charge in [0.2, 0.25) is 5.91 Å². The number of aromatic amines is 1. The predicted molar refractivity (Wildman–Crippen MR) is 136 cm³/mol. The molecule has 0 bridgehead atoms. The van der Waals surface area contributed by atoms with E-state index in [1.165, 1.54) is 0 Å². The summed E-state index contributed by atoms with van der Waals surface area (Å²) in [4.78, 5) is 48.1. The van der Waals surface area contributed by atoms with Crippen molar-refractivity contribution in [3.63, 3.8) is 0 Å². The molecule has 4 atom stereocenters. The van der Waals surface area contributed by atoms with Gasteiger partial charge in [0.25, 0.3) is 5.91 Å². The fourth-order valence-electron chi connectivity index (χ4n) is 5.59. The lowest BCUT2D eigenvalue weighted by molar-refractivity contribution is -0.126. The summed E-state index contributed by atoms with van der Waals surface area (Å²) < 4.78 is 5.43. The summed E-state index contributed by atoms with van der Waals surface area (Å²) >= 11 is 0. The number of nitrogens with zero attached hydrogens (tertiary/aromatic N) is 3. The van der Waals surface area contributed by atoms with Gasteiger partial charge in [0.1, 0.15) is 29.3 Å². The van der Waals surface area contributed by atoms with E-state index in [1.54, 1.807) is 30.5 Å². The minimum absolute atomic E-state index is 0.0569. The maximum absolute atomic E-state index is 13.7. The molecule has 1 aliphatic carbocycles. The van der Waals surface area contributed by atoms with Crippen molar-refractivity contribution in [3.8, 4) is 11.8 Å². The highest BCUT2D eigenvalue weighted by Crippen LogP contribution is 2.34. The molecular formula is C28H29N5O4. The summed E-state index contributed by atoms with van der Waals surface area (Å²) in [5, 5.41) is 13.3. The number of Topliss-reactive ketones (excluding diaryl/α,β-unsaturated/α-hetero) is 1. The van der Waals surface area contributed by atoms with Gasteiger partial charge in [-0.3, -0.25) is 19.4 Å². The Labute approximate surface area is 214 Å². The van der Waals surface area contributed by atoms with Crippen LogP contribution < -0.4 is 10.1 Å². The number of likely N-dealkylation sites (tertiary alicyclic amines) is 1. The van der Waals surface area contributed by atoms with Gasteiger partial charge in [0.15, 0.2) is 0 Å². The quantitative estimate of drug-likeness (QED) is 0.513. The Kier molecular flexibility index (Phi) is 6.91. The number of H-pyrrole nitrogens is 1. The highest BCUT2D eigenvalue weighted by Gasteiger charge is 2.41. The first-order chi connectivity index (χ1) is 18.0. The molecule has 2 aromatic heterocycles. The molecule has 5 rings (SSSR count). The molecule has 0 spiro atoms. The zero-order chi connectivity index (χ0) is 25.9. The molecule has 9 heteroatoms. The lowest BCUT2D eigenvalue weighted by atomic mass is 9.96. The number of ketones is 1. The predicted octanol–water partition coefficient (Wildman–Crippen LogP) is 3.34. The van der Waals surface area contributed by atoms with Crippen LogP contribution in [0.3, 0.4) is 0 Å². The number of rotatable bonds is 7. The first-order valence-corrected chi connectivity index (χ1v) is 12.6. The molecule has 3 heterocycles. The summed E-state index contributed by atoms with van der Waals surface area (Å²) in [6.07, 6.45) is 6.22. The molecule has 0 radical (unpaired) electrons. The molecule has 1 saturated heterocycles. The maximum atomic E-state index is 13.7. The third-order valence-electron chi connectivity index (χ3n) is 7.54. The number of aromatic nitrogens is 2. The number of hydrogen-bond donors (Lipinski definition) is 2. The summed E-state index contributed by atoms with van der Waals surface area (Å²) in [6.45, 7) is 0.353. The van der Waals surface area contributed by atoms with E-state index < -0.39 is 12.1 Å². The van der Waals surface area contributed by atoms with Crippen LogP contribution in [0.15, 0.2) is 48.8 Å². The number of nitriles is 1. The summed E-state index contributed by atoms with van der Waals surface area (Å²) in [6, 6.07) is 11.7. The van der Waals surface area contributed by atoms with E-state index in [-0.39, 0.29) is 29.4 Å². The van der Waals surface area contributed by atoms with E-state index in [4.69, 9.17) is 4.74 Å². The van der Waals surface area contributed by atoms with Crippen LogP contribution in [-0.4, -0.2) is 58.2 Å². The van der Waals surface area contributed by atoms with Crippen molar-refractivity contribution < 1.29 is 19.1 Å². The maximum Gasteiger partial charge on any atom is 0.271 e. The smallest absolute Gasteiger partial charge is 0.271 e. The van der Waals surface area contributed by atoms with Gasteiger partial charge in [-0.2, -0.15) is 5.26 Å². The summed E-state index contributed by atoms with van der Waals surface area (Å²) in [5.74, 6) is -0.128. The van der Waals surface area contributed by atoms with Gasteiger partial charge >= 0.3 is 0 Å². The van der Waals surface area contributed by atoms with Crippen molar-refractivity contribution in [2.24, 2.45) is 5.92 Å². The number of hydrogen-bond acceptors (Lipinski definition) is 6. The number of carbonyl (C=O) groups is 3. The Morgan fingerprint density at radius 1 is 1.30 bits per heavy atom. The number of carbonyl (C=O) groups excluding carboxylic acids is 3. The Morgan fingerprint density at radius 2 is 2.11 bits per heavy atom. The molecule has 2 amide bonds. The van der Waals surface area contributed by atoms with E-state index in [0.29, 0.717) is 37.3 Å². The molecule has 1 saturated carbocycles. The van der Waals surface area contributed by atoms with Crippen LogP contribution >= 0.6 is 0 Å². The summed E-state index contributed by atoms with van der Waals surface area (Å²) in [7, 11) is 1.58. The molecule has 190 valence electrons. The van der Waals surface area contributed by atoms with Crippen molar-refractivity contribution in [1.29, 1.82) is 5.26 Å². The third-order valence-corrected chi connectivity index (χ3v) is 7.54. The second-order valence-corrected chi connectivity index (χ2v) is 9.77. The standard InChI is InChI=1S/C28H29N5O4/c1-37-26-7-3-5-22-21(26)14-23(32-22)28(36)33-16-19(17-8-10-30-11-9-17)13-24(33)27(35)31-20(15-29)12-18-4-2-6-25(18)34/h3,5,7-11,14,18-20,24,32H,2,4,6,12-13,16H2,1H3,(H,31,35)/t18-,19+,20-,24-/m0/s1. The van der Waals surface area contributed by atoms with E-state index in [9.17, 15) is 19.6 Å². The molecule has 3 aromatic rings. The van der Waals surface area contributed by atoms with E-state index in [1.807, 2.05) is 30.3 Å². The van der Waals surface area contributed by atoms with E-state index in [0.717, 1.165) is 29.3 Å². The fourth-order valence-corrected chi connectivity index (χ4v) is 5.59. The van der Waals surface area contributed by atoms with Gasteiger partial charge in [-0.05, 0) is 61.6 Å². The lowest BCUT2D eigenvalue weighted by Gasteiger charge is -2.25. The van der Waals surface area contributed by atoms with Crippen molar-refractivity contribution in [2.45, 2.75) is 50.1 Å². The van der Waals surface area contributed by atoms with Gasteiger partial charge < -0.3 is 19.9 Å². The van der Waals surface area contributed by atoms with E-state index >= 15 is 0 Å². The fraction of sp³-hybridized carbons (Fsp3) is 0.393. The zero-order valence-electron chi connectivity index (χ0n) is 20.6. The van der Waals surface area contributed by atoms with Gasteiger partial charge in [-0.1, -0.05) is 6.07 Å². The van der Waals surface area contributed by atoms with E-state index in [2.05, 4.69) is 21.4 Å². The van der Waals surface area contributed by atoms with Crippen molar-refractivity contribution in [3.05, 3.63) is 60.0 Å². The number of benzene rings is 1. The molecular weight excluding hydrogens is 470 g/mol. The number of amides is 2. The first-order valence-electron chi connectivity index (χ1n) is 12.6. The van der Waals surface area contributed by atoms with Crippen LogP contribution in [0.25, 0.3) is 10.9 Å². The van der Waals surface area contributed by atoms with Gasteiger partial charge in [0, 0.05) is 48.1 Å². The third kappa shape index (κ3) is 4.92. The first kappa shape index (κ1) is 24.5. The molecule has 37 heavy (non-hydrogen) atoms. The summed E-state index contributed by atoms with van der Waals surface area (Å²) in [5.41, 5.74) is 2.12. The van der Waals surface area contributed by atoms with Crippen LogP contribution in [-0.2, 0) is 9.59 Å². The van der Waals surface area contributed by atoms with Crippen LogP contribution in [0.4, 0.5) is 0 Å². The van der Waals surface area contributed by atoms with Crippen LogP contribution in [0.2, 0.25) is 0 Å². The molecule has 2 aliphatic rings. The SMILES string of the molecule is COc1cccc2[nH]c(C(=O)N3C[C@H](c4ccncc4)C[C@H]3C(=O)N[C@H](C#N)C[C@@H]3CCCC3=O)cc12. The normalized spacial score (nSPS) is 22.1.